The summed E-state index contributed by atoms with van der Waals surface area (Å²) in [5, 5.41) is 3.00. The SMILES string of the molecule is CCCCNC(=O)C1(C)CSSC1. The van der Waals surface area contributed by atoms with Gasteiger partial charge in [0.2, 0.25) is 5.91 Å². The van der Waals surface area contributed by atoms with Gasteiger partial charge >= 0.3 is 0 Å². The first-order valence-electron chi connectivity index (χ1n) is 4.72. The van der Waals surface area contributed by atoms with Crippen LogP contribution in [0.25, 0.3) is 0 Å². The Bertz CT molecular complexity index is 178. The largest absolute Gasteiger partial charge is 0.356 e. The van der Waals surface area contributed by atoms with Crippen LogP contribution >= 0.6 is 21.6 Å². The van der Waals surface area contributed by atoms with Crippen LogP contribution in [0.3, 0.4) is 0 Å². The number of nitrogens with one attached hydrogen (secondary N) is 1. The van der Waals surface area contributed by atoms with E-state index < -0.39 is 0 Å². The predicted molar refractivity (Wildman–Crippen MR) is 60.9 cm³/mol. The van der Waals surface area contributed by atoms with Crippen molar-refractivity contribution < 1.29 is 4.79 Å². The summed E-state index contributed by atoms with van der Waals surface area (Å²) >= 11 is 0. The van der Waals surface area contributed by atoms with Gasteiger partial charge in [-0.2, -0.15) is 0 Å². The van der Waals surface area contributed by atoms with Gasteiger partial charge in [0.1, 0.15) is 0 Å². The Morgan fingerprint density at radius 1 is 1.46 bits per heavy atom. The minimum atomic E-state index is -0.122. The molecule has 1 saturated heterocycles. The second-order valence-corrected chi connectivity index (χ2v) is 6.16. The lowest BCUT2D eigenvalue weighted by atomic mass is 9.95. The first-order valence-corrected chi connectivity index (χ1v) is 7.20. The van der Waals surface area contributed by atoms with Gasteiger partial charge in [0, 0.05) is 18.1 Å². The van der Waals surface area contributed by atoms with Crippen molar-refractivity contribution in [3.05, 3.63) is 0 Å². The van der Waals surface area contributed by atoms with Crippen LogP contribution in [-0.4, -0.2) is 24.0 Å². The number of amides is 1. The molecule has 4 heteroatoms. The topological polar surface area (TPSA) is 29.1 Å². The fourth-order valence-corrected chi connectivity index (χ4v) is 4.45. The summed E-state index contributed by atoms with van der Waals surface area (Å²) in [6.45, 7) is 5.02. The van der Waals surface area contributed by atoms with Gasteiger partial charge in [-0.3, -0.25) is 4.79 Å². The predicted octanol–water partition coefficient (Wildman–Crippen LogP) is 2.30. The third-order valence-corrected chi connectivity index (χ3v) is 5.09. The van der Waals surface area contributed by atoms with Gasteiger partial charge < -0.3 is 5.32 Å². The summed E-state index contributed by atoms with van der Waals surface area (Å²) in [7, 11) is 3.61. The average Bonchev–Trinajstić information content (AvgIpc) is 2.54. The number of hydrogen-bond acceptors (Lipinski definition) is 3. The molecule has 76 valence electrons. The molecule has 1 N–H and O–H groups in total. The highest BCUT2D eigenvalue weighted by molar-refractivity contribution is 8.77. The number of carbonyl (C=O) groups is 1. The first kappa shape index (κ1) is 11.2. The molecule has 1 fully saturated rings. The summed E-state index contributed by atoms with van der Waals surface area (Å²) < 4.78 is 0. The van der Waals surface area contributed by atoms with Crippen molar-refractivity contribution in [2.75, 3.05) is 18.1 Å². The average molecular weight is 219 g/mol. The van der Waals surface area contributed by atoms with E-state index in [2.05, 4.69) is 19.2 Å². The summed E-state index contributed by atoms with van der Waals surface area (Å²) in [4.78, 5) is 11.7. The lowest BCUT2D eigenvalue weighted by molar-refractivity contribution is -0.127. The molecule has 0 saturated carbocycles. The van der Waals surface area contributed by atoms with E-state index in [0.29, 0.717) is 0 Å². The highest BCUT2D eigenvalue weighted by Gasteiger charge is 2.37. The van der Waals surface area contributed by atoms with Crippen molar-refractivity contribution >= 4 is 27.5 Å². The van der Waals surface area contributed by atoms with Crippen molar-refractivity contribution in [2.24, 2.45) is 5.41 Å². The maximum atomic E-state index is 11.7. The van der Waals surface area contributed by atoms with E-state index in [9.17, 15) is 4.79 Å². The molecule has 1 aliphatic heterocycles. The van der Waals surface area contributed by atoms with Crippen molar-refractivity contribution in [2.45, 2.75) is 26.7 Å². The Hall–Kier alpha value is 0.170. The molecule has 0 aromatic rings. The maximum absolute atomic E-state index is 11.7. The lowest BCUT2D eigenvalue weighted by Gasteiger charge is -2.20. The van der Waals surface area contributed by atoms with E-state index in [1.165, 1.54) is 0 Å². The zero-order chi connectivity index (χ0) is 9.73. The molecule has 0 aromatic heterocycles. The summed E-state index contributed by atoms with van der Waals surface area (Å²) in [5.41, 5.74) is -0.122. The molecular formula is C9H17NOS2. The molecule has 2 nitrogen and oxygen atoms in total. The molecule has 1 rings (SSSR count). The van der Waals surface area contributed by atoms with Crippen LogP contribution in [0, 0.1) is 5.41 Å². The van der Waals surface area contributed by atoms with Gasteiger partial charge in [0.05, 0.1) is 5.41 Å². The molecule has 1 amide bonds. The van der Waals surface area contributed by atoms with Crippen molar-refractivity contribution in [1.82, 2.24) is 5.32 Å². The molecule has 1 heterocycles. The maximum Gasteiger partial charge on any atom is 0.227 e. The van der Waals surface area contributed by atoms with E-state index in [4.69, 9.17) is 0 Å². The minimum absolute atomic E-state index is 0.122. The Morgan fingerprint density at radius 2 is 2.08 bits per heavy atom. The Morgan fingerprint density at radius 3 is 2.62 bits per heavy atom. The summed E-state index contributed by atoms with van der Waals surface area (Å²) in [6, 6.07) is 0. The van der Waals surface area contributed by atoms with E-state index in [0.717, 1.165) is 30.9 Å². The molecule has 13 heavy (non-hydrogen) atoms. The Labute approximate surface area is 88.0 Å². The Kier molecular flexibility index (Phi) is 4.46. The second kappa shape index (κ2) is 5.15. The molecule has 0 radical (unpaired) electrons. The second-order valence-electron chi connectivity index (χ2n) is 3.69. The van der Waals surface area contributed by atoms with Gasteiger partial charge in [-0.25, -0.2) is 0 Å². The smallest absolute Gasteiger partial charge is 0.227 e. The van der Waals surface area contributed by atoms with Crippen LogP contribution in [0.4, 0.5) is 0 Å². The van der Waals surface area contributed by atoms with E-state index in [1.54, 1.807) is 21.6 Å². The van der Waals surface area contributed by atoms with Crippen LogP contribution in [0.1, 0.15) is 26.7 Å². The van der Waals surface area contributed by atoms with Crippen molar-refractivity contribution in [3.63, 3.8) is 0 Å². The van der Waals surface area contributed by atoms with Crippen LogP contribution in [0.2, 0.25) is 0 Å². The van der Waals surface area contributed by atoms with Crippen LogP contribution in [0.15, 0.2) is 0 Å². The standard InChI is InChI=1S/C9H17NOS2/c1-3-4-5-10-8(11)9(2)6-12-13-7-9/h3-7H2,1-2H3,(H,10,11). The molecule has 0 aromatic carbocycles. The minimum Gasteiger partial charge on any atom is -0.356 e. The van der Waals surface area contributed by atoms with E-state index in [1.807, 2.05) is 0 Å². The van der Waals surface area contributed by atoms with E-state index in [-0.39, 0.29) is 11.3 Å². The third kappa shape index (κ3) is 3.09. The van der Waals surface area contributed by atoms with E-state index >= 15 is 0 Å². The zero-order valence-corrected chi connectivity index (χ0v) is 9.89. The van der Waals surface area contributed by atoms with Gasteiger partial charge in [-0.15, -0.1) is 0 Å². The molecule has 0 spiro atoms. The van der Waals surface area contributed by atoms with Crippen LogP contribution in [-0.2, 0) is 4.79 Å². The van der Waals surface area contributed by atoms with Crippen LogP contribution in [0.5, 0.6) is 0 Å². The van der Waals surface area contributed by atoms with Crippen molar-refractivity contribution in [3.8, 4) is 0 Å². The molecule has 1 aliphatic rings. The highest BCUT2D eigenvalue weighted by Crippen LogP contribution is 2.42. The normalized spacial score (nSPS) is 20.2. The zero-order valence-electron chi connectivity index (χ0n) is 8.26. The molecule has 0 bridgehead atoms. The Balaban J connectivity index is 2.29. The lowest BCUT2D eigenvalue weighted by Crippen LogP contribution is -2.40. The summed E-state index contributed by atoms with van der Waals surface area (Å²) in [5.74, 6) is 2.14. The molecular weight excluding hydrogens is 202 g/mol. The number of unbranched alkanes of at least 4 members (excludes halogenated alkanes) is 1. The van der Waals surface area contributed by atoms with Crippen LogP contribution < -0.4 is 5.32 Å². The highest BCUT2D eigenvalue weighted by atomic mass is 33.1. The number of hydrogen-bond donors (Lipinski definition) is 1. The first-order chi connectivity index (χ1) is 6.19. The van der Waals surface area contributed by atoms with Gasteiger partial charge in [0.15, 0.2) is 0 Å². The molecule has 0 unspecified atom stereocenters. The number of rotatable bonds is 4. The van der Waals surface area contributed by atoms with Gasteiger partial charge in [-0.05, 0) is 13.3 Å². The summed E-state index contributed by atoms with van der Waals surface area (Å²) in [6.07, 6.45) is 2.22. The third-order valence-electron chi connectivity index (χ3n) is 2.20. The van der Waals surface area contributed by atoms with Crippen molar-refractivity contribution in [1.29, 1.82) is 0 Å². The number of carbonyl (C=O) groups excluding carboxylic acids is 1. The quantitative estimate of drug-likeness (QED) is 0.581. The van der Waals surface area contributed by atoms with Gasteiger partial charge in [0.25, 0.3) is 0 Å². The fraction of sp³-hybridized carbons (Fsp3) is 0.889. The molecule has 0 atom stereocenters. The molecule has 0 aliphatic carbocycles. The monoisotopic (exact) mass is 219 g/mol. The fourth-order valence-electron chi connectivity index (χ4n) is 1.11. The van der Waals surface area contributed by atoms with Gasteiger partial charge in [-0.1, -0.05) is 34.9 Å².